The number of hydrogen-bond acceptors (Lipinski definition) is 3. The van der Waals surface area contributed by atoms with E-state index in [1.807, 2.05) is 0 Å². The fourth-order valence-corrected chi connectivity index (χ4v) is 1.95. The number of hydrogen-bond donors (Lipinski definition) is 1. The summed E-state index contributed by atoms with van der Waals surface area (Å²) in [5, 5.41) is 9.18. The summed E-state index contributed by atoms with van der Waals surface area (Å²) in [6.07, 6.45) is 0. The first-order valence-corrected chi connectivity index (χ1v) is 5.82. The lowest BCUT2D eigenvalue weighted by Crippen LogP contribution is -2.01. The monoisotopic (exact) mass is 276 g/mol. The third-order valence-corrected chi connectivity index (χ3v) is 2.91. The van der Waals surface area contributed by atoms with Gasteiger partial charge in [-0.05, 0) is 24.3 Å². The minimum Gasteiger partial charge on any atom is -0.497 e. The van der Waals surface area contributed by atoms with E-state index in [0.29, 0.717) is 22.6 Å². The lowest BCUT2D eigenvalue weighted by Gasteiger charge is -2.12. The molecule has 0 aliphatic heterocycles. The summed E-state index contributed by atoms with van der Waals surface area (Å²) in [4.78, 5) is 11.2. The van der Waals surface area contributed by atoms with Gasteiger partial charge in [-0.25, -0.2) is 9.18 Å². The third-order valence-electron chi connectivity index (χ3n) is 2.91. The van der Waals surface area contributed by atoms with Crippen molar-refractivity contribution in [2.75, 3.05) is 14.2 Å². The van der Waals surface area contributed by atoms with Gasteiger partial charge in [-0.1, -0.05) is 6.07 Å². The van der Waals surface area contributed by atoms with Crippen LogP contribution in [0.2, 0.25) is 0 Å². The minimum absolute atomic E-state index is 0.117. The first-order chi connectivity index (χ1) is 9.56. The number of methoxy groups -OCH3 is 2. The van der Waals surface area contributed by atoms with Crippen LogP contribution in [0.1, 0.15) is 10.4 Å². The molecule has 2 aromatic rings. The van der Waals surface area contributed by atoms with Crippen LogP contribution in [0, 0.1) is 5.82 Å². The van der Waals surface area contributed by atoms with Gasteiger partial charge in [0.15, 0.2) is 0 Å². The summed E-state index contributed by atoms with van der Waals surface area (Å²) < 4.78 is 23.5. The molecule has 0 bridgehead atoms. The number of aromatic carboxylic acids is 1. The van der Waals surface area contributed by atoms with Crippen LogP contribution in [-0.2, 0) is 0 Å². The van der Waals surface area contributed by atoms with E-state index in [0.717, 1.165) is 6.07 Å². The second kappa shape index (κ2) is 5.61. The van der Waals surface area contributed by atoms with E-state index in [1.165, 1.54) is 26.4 Å². The molecule has 0 aliphatic rings. The predicted octanol–water partition coefficient (Wildman–Crippen LogP) is 3.21. The Hall–Kier alpha value is -2.56. The van der Waals surface area contributed by atoms with Gasteiger partial charge in [-0.15, -0.1) is 0 Å². The maximum absolute atomic E-state index is 13.2. The van der Waals surface area contributed by atoms with Gasteiger partial charge in [-0.3, -0.25) is 0 Å². The zero-order valence-electron chi connectivity index (χ0n) is 11.0. The summed E-state index contributed by atoms with van der Waals surface area (Å²) in [5.41, 5.74) is 0.831. The Bertz CT molecular complexity index is 652. The molecule has 2 rings (SSSR count). The number of benzene rings is 2. The van der Waals surface area contributed by atoms with Gasteiger partial charge < -0.3 is 14.6 Å². The number of halogens is 1. The quantitative estimate of drug-likeness (QED) is 0.931. The van der Waals surface area contributed by atoms with Crippen molar-refractivity contribution >= 4 is 5.97 Å². The largest absolute Gasteiger partial charge is 0.497 e. The maximum atomic E-state index is 13.2. The van der Waals surface area contributed by atoms with Crippen LogP contribution in [0.4, 0.5) is 4.39 Å². The second-order valence-corrected chi connectivity index (χ2v) is 4.06. The molecule has 0 amide bonds. The smallest absolute Gasteiger partial charge is 0.336 e. The average molecular weight is 276 g/mol. The van der Waals surface area contributed by atoms with E-state index in [9.17, 15) is 14.3 Å². The fraction of sp³-hybridized carbons (Fsp3) is 0.133. The molecule has 20 heavy (non-hydrogen) atoms. The predicted molar refractivity (Wildman–Crippen MR) is 71.9 cm³/mol. The van der Waals surface area contributed by atoms with Crippen LogP contribution < -0.4 is 9.47 Å². The minimum atomic E-state index is -1.20. The van der Waals surface area contributed by atoms with Crippen molar-refractivity contribution < 1.29 is 23.8 Å². The maximum Gasteiger partial charge on any atom is 0.336 e. The van der Waals surface area contributed by atoms with Crippen LogP contribution >= 0.6 is 0 Å². The van der Waals surface area contributed by atoms with Crippen LogP contribution in [-0.4, -0.2) is 25.3 Å². The first kappa shape index (κ1) is 13.9. The summed E-state index contributed by atoms with van der Waals surface area (Å²) in [6, 6.07) is 8.63. The fourth-order valence-electron chi connectivity index (χ4n) is 1.95. The summed E-state index contributed by atoms with van der Waals surface area (Å²) in [7, 11) is 3.00. The Kier molecular flexibility index (Phi) is 3.89. The van der Waals surface area contributed by atoms with Gasteiger partial charge in [-0.2, -0.15) is 0 Å². The van der Waals surface area contributed by atoms with Crippen LogP contribution in [0.25, 0.3) is 11.1 Å². The number of carbonyl (C=O) groups is 1. The standard InChI is InChI=1S/C15H13FO4/c1-19-10-4-6-12(14(8-10)20-2)11-5-3-9(16)7-13(11)15(17)18/h3-8H,1-2H3,(H,17,18). The summed E-state index contributed by atoms with van der Waals surface area (Å²) in [6.45, 7) is 0. The molecule has 0 fully saturated rings. The molecule has 0 spiro atoms. The zero-order valence-corrected chi connectivity index (χ0v) is 11.0. The Balaban J connectivity index is 2.65. The van der Waals surface area contributed by atoms with E-state index < -0.39 is 11.8 Å². The SMILES string of the molecule is COc1ccc(-c2ccc(F)cc2C(=O)O)c(OC)c1. The molecule has 4 nitrogen and oxygen atoms in total. The molecule has 0 unspecified atom stereocenters. The highest BCUT2D eigenvalue weighted by Gasteiger charge is 2.16. The molecule has 0 atom stereocenters. The van der Waals surface area contributed by atoms with Gasteiger partial charge in [0.05, 0.1) is 19.8 Å². The highest BCUT2D eigenvalue weighted by Crippen LogP contribution is 2.35. The Morgan fingerprint density at radius 3 is 2.35 bits per heavy atom. The number of rotatable bonds is 4. The van der Waals surface area contributed by atoms with Crippen molar-refractivity contribution in [1.29, 1.82) is 0 Å². The summed E-state index contributed by atoms with van der Waals surface area (Å²) in [5.74, 6) is -0.751. The number of ether oxygens (including phenoxy) is 2. The Morgan fingerprint density at radius 1 is 1.05 bits per heavy atom. The van der Waals surface area contributed by atoms with E-state index >= 15 is 0 Å². The van der Waals surface area contributed by atoms with Gasteiger partial charge in [0, 0.05) is 17.2 Å². The van der Waals surface area contributed by atoms with Crippen molar-refractivity contribution in [2.45, 2.75) is 0 Å². The third kappa shape index (κ3) is 2.56. The van der Waals surface area contributed by atoms with Crippen LogP contribution in [0.5, 0.6) is 11.5 Å². The molecular formula is C15H13FO4. The molecule has 0 saturated heterocycles. The lowest BCUT2D eigenvalue weighted by atomic mass is 9.98. The Labute approximate surface area is 115 Å². The molecule has 0 aromatic heterocycles. The number of carboxylic acids is 1. The molecule has 1 N–H and O–H groups in total. The average Bonchev–Trinajstić information content (AvgIpc) is 2.46. The molecule has 0 radical (unpaired) electrons. The van der Waals surface area contributed by atoms with Gasteiger partial charge in [0.25, 0.3) is 0 Å². The van der Waals surface area contributed by atoms with Crippen LogP contribution in [0.15, 0.2) is 36.4 Å². The molecule has 104 valence electrons. The van der Waals surface area contributed by atoms with Crippen molar-refractivity contribution in [3.05, 3.63) is 47.8 Å². The van der Waals surface area contributed by atoms with Gasteiger partial charge in [0.2, 0.25) is 0 Å². The normalized spacial score (nSPS) is 10.2. The second-order valence-electron chi connectivity index (χ2n) is 4.06. The lowest BCUT2D eigenvalue weighted by molar-refractivity contribution is 0.0697. The first-order valence-electron chi connectivity index (χ1n) is 5.82. The highest BCUT2D eigenvalue weighted by molar-refractivity contribution is 5.97. The van der Waals surface area contributed by atoms with Crippen molar-refractivity contribution in [2.24, 2.45) is 0 Å². The topological polar surface area (TPSA) is 55.8 Å². The van der Waals surface area contributed by atoms with E-state index in [-0.39, 0.29) is 5.56 Å². The molecule has 0 heterocycles. The molecule has 0 saturated carbocycles. The van der Waals surface area contributed by atoms with E-state index in [4.69, 9.17) is 9.47 Å². The molecule has 2 aromatic carbocycles. The van der Waals surface area contributed by atoms with Gasteiger partial charge in [0.1, 0.15) is 17.3 Å². The molecular weight excluding hydrogens is 263 g/mol. The molecule has 5 heteroatoms. The Morgan fingerprint density at radius 2 is 1.75 bits per heavy atom. The van der Waals surface area contributed by atoms with Crippen LogP contribution in [0.3, 0.4) is 0 Å². The van der Waals surface area contributed by atoms with Crippen molar-refractivity contribution in [1.82, 2.24) is 0 Å². The molecule has 0 aliphatic carbocycles. The van der Waals surface area contributed by atoms with Crippen molar-refractivity contribution in [3.63, 3.8) is 0 Å². The number of carboxylic acid groups (broad SMARTS) is 1. The summed E-state index contributed by atoms with van der Waals surface area (Å²) >= 11 is 0. The zero-order chi connectivity index (χ0) is 14.7. The highest BCUT2D eigenvalue weighted by atomic mass is 19.1. The van der Waals surface area contributed by atoms with Crippen molar-refractivity contribution in [3.8, 4) is 22.6 Å². The van der Waals surface area contributed by atoms with E-state index in [1.54, 1.807) is 18.2 Å². The van der Waals surface area contributed by atoms with E-state index in [2.05, 4.69) is 0 Å². The van der Waals surface area contributed by atoms with Gasteiger partial charge >= 0.3 is 5.97 Å².